The molecule has 14 heavy (non-hydrogen) atoms. The van der Waals surface area contributed by atoms with Crippen LogP contribution < -0.4 is 0 Å². The number of rotatable bonds is 1. The van der Waals surface area contributed by atoms with E-state index in [9.17, 15) is 4.79 Å². The molecule has 0 radical (unpaired) electrons. The van der Waals surface area contributed by atoms with Gasteiger partial charge in [-0.1, -0.05) is 20.8 Å². The molecule has 2 aliphatic rings. The molecule has 2 rings (SSSR count). The summed E-state index contributed by atoms with van der Waals surface area (Å²) in [6.07, 6.45) is 2.49. The van der Waals surface area contributed by atoms with Crippen LogP contribution in [0.4, 0.5) is 0 Å². The Morgan fingerprint density at radius 3 is 2.43 bits per heavy atom. The zero-order valence-electron chi connectivity index (χ0n) is 9.54. The van der Waals surface area contributed by atoms with Crippen molar-refractivity contribution in [1.29, 1.82) is 0 Å². The summed E-state index contributed by atoms with van der Waals surface area (Å²) in [6.45, 7) is 8.39. The molecule has 0 N–H and O–H groups in total. The standard InChI is InChI=1S/C12H20O2/c1-7-5-9-10(12(9,3)4)6-11(7)14-8(2)13/h7,9-11H,5-6H2,1-4H3. The van der Waals surface area contributed by atoms with E-state index < -0.39 is 0 Å². The fourth-order valence-electron chi connectivity index (χ4n) is 3.21. The maximum atomic E-state index is 10.9. The quantitative estimate of drug-likeness (QED) is 0.603. The summed E-state index contributed by atoms with van der Waals surface area (Å²) in [5.41, 5.74) is 0.503. The highest BCUT2D eigenvalue weighted by molar-refractivity contribution is 5.66. The number of hydrogen-bond acceptors (Lipinski definition) is 2. The van der Waals surface area contributed by atoms with Crippen molar-refractivity contribution in [3.63, 3.8) is 0 Å². The molecular weight excluding hydrogens is 176 g/mol. The van der Waals surface area contributed by atoms with Gasteiger partial charge in [0.05, 0.1) is 0 Å². The first kappa shape index (κ1) is 10.0. The smallest absolute Gasteiger partial charge is 0.302 e. The van der Waals surface area contributed by atoms with E-state index in [-0.39, 0.29) is 12.1 Å². The van der Waals surface area contributed by atoms with Gasteiger partial charge in [-0.15, -0.1) is 0 Å². The van der Waals surface area contributed by atoms with Gasteiger partial charge in [0, 0.05) is 6.92 Å². The highest BCUT2D eigenvalue weighted by Crippen LogP contribution is 2.66. The average molecular weight is 196 g/mol. The van der Waals surface area contributed by atoms with Crippen LogP contribution >= 0.6 is 0 Å². The number of esters is 1. The first-order valence-electron chi connectivity index (χ1n) is 5.60. The Hall–Kier alpha value is -0.530. The van der Waals surface area contributed by atoms with Crippen LogP contribution in [0, 0.1) is 23.2 Å². The van der Waals surface area contributed by atoms with E-state index in [0.29, 0.717) is 11.3 Å². The van der Waals surface area contributed by atoms with E-state index in [0.717, 1.165) is 18.3 Å². The zero-order chi connectivity index (χ0) is 10.5. The van der Waals surface area contributed by atoms with Gasteiger partial charge in [-0.2, -0.15) is 0 Å². The lowest BCUT2D eigenvalue weighted by atomic mass is 9.88. The van der Waals surface area contributed by atoms with Gasteiger partial charge in [0.25, 0.3) is 0 Å². The van der Waals surface area contributed by atoms with Crippen molar-refractivity contribution in [3.8, 4) is 0 Å². The van der Waals surface area contributed by atoms with Crippen LogP contribution in [0.5, 0.6) is 0 Å². The third-order valence-electron chi connectivity index (χ3n) is 4.35. The Balaban J connectivity index is 1.99. The number of ether oxygens (including phenoxy) is 1. The van der Waals surface area contributed by atoms with Crippen molar-refractivity contribution < 1.29 is 9.53 Å². The minimum Gasteiger partial charge on any atom is -0.462 e. The summed E-state index contributed by atoms with van der Waals surface area (Å²) in [5, 5.41) is 0. The molecule has 2 nitrogen and oxygen atoms in total. The van der Waals surface area contributed by atoms with E-state index in [1.54, 1.807) is 0 Å². The van der Waals surface area contributed by atoms with E-state index in [2.05, 4.69) is 20.8 Å². The van der Waals surface area contributed by atoms with Gasteiger partial charge in [-0.05, 0) is 36.0 Å². The van der Waals surface area contributed by atoms with Gasteiger partial charge in [0.1, 0.15) is 6.10 Å². The van der Waals surface area contributed by atoms with Crippen molar-refractivity contribution in [2.24, 2.45) is 23.2 Å². The van der Waals surface area contributed by atoms with Gasteiger partial charge >= 0.3 is 5.97 Å². The molecule has 80 valence electrons. The molecule has 0 aliphatic heterocycles. The number of carbonyl (C=O) groups is 1. The van der Waals surface area contributed by atoms with E-state index in [1.807, 2.05) is 0 Å². The van der Waals surface area contributed by atoms with Crippen LogP contribution in [-0.4, -0.2) is 12.1 Å². The predicted molar refractivity (Wildman–Crippen MR) is 54.7 cm³/mol. The second kappa shape index (κ2) is 2.98. The zero-order valence-corrected chi connectivity index (χ0v) is 9.54. The van der Waals surface area contributed by atoms with Crippen LogP contribution in [0.2, 0.25) is 0 Å². The molecule has 2 saturated carbocycles. The van der Waals surface area contributed by atoms with Crippen molar-refractivity contribution in [1.82, 2.24) is 0 Å². The summed E-state index contributed by atoms with van der Waals surface area (Å²) < 4.78 is 5.35. The van der Waals surface area contributed by atoms with Crippen LogP contribution in [0.25, 0.3) is 0 Å². The Morgan fingerprint density at radius 1 is 1.29 bits per heavy atom. The number of carbonyl (C=O) groups excluding carboxylic acids is 1. The minimum atomic E-state index is -0.126. The first-order chi connectivity index (χ1) is 6.43. The predicted octanol–water partition coefficient (Wildman–Crippen LogP) is 2.62. The summed E-state index contributed by atoms with van der Waals surface area (Å²) in [5.74, 6) is 2.09. The van der Waals surface area contributed by atoms with Crippen molar-refractivity contribution in [3.05, 3.63) is 0 Å². The number of hydrogen-bond donors (Lipinski definition) is 0. The third kappa shape index (κ3) is 1.45. The normalized spacial score (nSPS) is 44.0. The highest BCUT2D eigenvalue weighted by Gasteiger charge is 2.61. The van der Waals surface area contributed by atoms with Crippen LogP contribution in [0.1, 0.15) is 40.5 Å². The molecule has 2 fully saturated rings. The van der Waals surface area contributed by atoms with E-state index in [4.69, 9.17) is 4.74 Å². The maximum Gasteiger partial charge on any atom is 0.302 e. The van der Waals surface area contributed by atoms with Crippen LogP contribution in [-0.2, 0) is 9.53 Å². The molecule has 2 aliphatic carbocycles. The van der Waals surface area contributed by atoms with Crippen molar-refractivity contribution >= 4 is 5.97 Å². The third-order valence-corrected chi connectivity index (χ3v) is 4.35. The molecule has 0 heterocycles. The molecule has 0 saturated heterocycles. The summed E-state index contributed by atoms with van der Waals surface area (Å²) in [4.78, 5) is 10.9. The first-order valence-corrected chi connectivity index (χ1v) is 5.60. The lowest BCUT2D eigenvalue weighted by Crippen LogP contribution is -2.28. The fraction of sp³-hybridized carbons (Fsp3) is 0.917. The van der Waals surface area contributed by atoms with Crippen molar-refractivity contribution in [2.75, 3.05) is 0 Å². The van der Waals surface area contributed by atoms with E-state index >= 15 is 0 Å². The summed E-state index contributed by atoms with van der Waals surface area (Å²) in [6, 6.07) is 0. The molecule has 4 atom stereocenters. The molecule has 0 spiro atoms. The van der Waals surface area contributed by atoms with Crippen LogP contribution in [0.15, 0.2) is 0 Å². The molecule has 0 aromatic heterocycles. The molecule has 0 bridgehead atoms. The van der Waals surface area contributed by atoms with Crippen LogP contribution in [0.3, 0.4) is 0 Å². The average Bonchev–Trinajstić information content (AvgIpc) is 2.54. The molecule has 4 unspecified atom stereocenters. The van der Waals surface area contributed by atoms with Crippen molar-refractivity contribution in [2.45, 2.75) is 46.6 Å². The Bertz CT molecular complexity index is 257. The lowest BCUT2D eigenvalue weighted by molar-refractivity contribution is -0.150. The largest absolute Gasteiger partial charge is 0.462 e. The highest BCUT2D eigenvalue weighted by atomic mass is 16.5. The monoisotopic (exact) mass is 196 g/mol. The van der Waals surface area contributed by atoms with E-state index in [1.165, 1.54) is 13.3 Å². The maximum absolute atomic E-state index is 10.9. The summed E-state index contributed by atoms with van der Waals surface area (Å²) >= 11 is 0. The topological polar surface area (TPSA) is 26.3 Å². The van der Waals surface area contributed by atoms with Gasteiger partial charge in [-0.3, -0.25) is 4.79 Å². The number of fused-ring (bicyclic) bond motifs is 1. The Labute approximate surface area is 86.0 Å². The van der Waals surface area contributed by atoms with Gasteiger partial charge in [-0.25, -0.2) is 0 Å². The van der Waals surface area contributed by atoms with Gasteiger partial charge in [0.15, 0.2) is 0 Å². The summed E-state index contributed by atoms with van der Waals surface area (Å²) in [7, 11) is 0. The second-order valence-corrected chi connectivity index (χ2v) is 5.63. The fourth-order valence-corrected chi connectivity index (χ4v) is 3.21. The molecule has 0 amide bonds. The molecule has 0 aromatic rings. The van der Waals surface area contributed by atoms with Gasteiger partial charge < -0.3 is 4.74 Å². The Kier molecular flexibility index (Phi) is 2.13. The van der Waals surface area contributed by atoms with Gasteiger partial charge in [0.2, 0.25) is 0 Å². The molecule has 2 heteroatoms. The minimum absolute atomic E-state index is 0.126. The second-order valence-electron chi connectivity index (χ2n) is 5.63. The SMILES string of the molecule is CC(=O)OC1CC2C(CC1C)C2(C)C. The lowest BCUT2D eigenvalue weighted by Gasteiger charge is -2.27. The molecular formula is C12H20O2. The Morgan fingerprint density at radius 2 is 1.86 bits per heavy atom. The molecule has 0 aromatic carbocycles.